The van der Waals surface area contributed by atoms with Crippen molar-refractivity contribution in [3.05, 3.63) is 58.9 Å². The number of hydrogen-bond acceptors (Lipinski definition) is 5. The molecule has 30 heavy (non-hydrogen) atoms. The lowest BCUT2D eigenvalue weighted by Gasteiger charge is -2.25. The Morgan fingerprint density at radius 1 is 1.27 bits per heavy atom. The molecule has 10 heteroatoms. The Labute approximate surface area is 183 Å². The number of rotatable bonds is 4. The third kappa shape index (κ3) is 4.33. The highest BCUT2D eigenvalue weighted by Gasteiger charge is 2.49. The molecule has 158 valence electrons. The molecule has 2 aliphatic rings. The van der Waals surface area contributed by atoms with Gasteiger partial charge in [-0.05, 0) is 35.9 Å². The van der Waals surface area contributed by atoms with Gasteiger partial charge in [0.25, 0.3) is 5.91 Å². The van der Waals surface area contributed by atoms with Crippen molar-refractivity contribution in [1.29, 1.82) is 0 Å². The van der Waals surface area contributed by atoms with Gasteiger partial charge in [-0.1, -0.05) is 35.5 Å². The van der Waals surface area contributed by atoms with E-state index >= 15 is 0 Å². The lowest BCUT2D eigenvalue weighted by molar-refractivity contribution is -0.117. The molecule has 2 aromatic rings. The molecule has 0 aliphatic carbocycles. The minimum atomic E-state index is -3.17. The van der Waals surface area contributed by atoms with Crippen LogP contribution < -0.4 is 9.64 Å². The Bertz CT molecular complexity index is 1120. The summed E-state index contributed by atoms with van der Waals surface area (Å²) in [5.41, 5.74) is 1.29. The number of carbonyl (C=O) groups excluding carboxylic acids is 1. The summed E-state index contributed by atoms with van der Waals surface area (Å²) >= 11 is 7.55. The zero-order valence-corrected chi connectivity index (χ0v) is 18.3. The molecule has 2 aromatic carbocycles. The number of halogens is 2. The number of aliphatic imine (C=N–C) groups is 1. The van der Waals surface area contributed by atoms with Crippen LogP contribution >= 0.6 is 23.4 Å². The Balaban J connectivity index is 1.65. The van der Waals surface area contributed by atoms with Crippen LogP contribution in [-0.4, -0.2) is 49.4 Å². The number of ether oxygens (including phenoxy) is 1. The number of hydrogen-bond donors (Lipinski definition) is 0. The van der Waals surface area contributed by atoms with E-state index < -0.39 is 15.7 Å². The van der Waals surface area contributed by atoms with Crippen LogP contribution in [0, 0.1) is 5.82 Å². The number of sulfone groups is 1. The first-order valence-electron chi connectivity index (χ1n) is 9.11. The summed E-state index contributed by atoms with van der Waals surface area (Å²) in [7, 11) is -1.66. The molecule has 0 saturated carbocycles. The summed E-state index contributed by atoms with van der Waals surface area (Å²) in [5, 5.41) is 0.600. The number of nitrogens with zero attached hydrogens (tertiary/aromatic N) is 2. The molecule has 0 radical (unpaired) electrons. The zero-order valence-electron chi connectivity index (χ0n) is 15.9. The molecule has 0 N–H and O–H groups in total. The van der Waals surface area contributed by atoms with E-state index in [-0.39, 0.29) is 35.0 Å². The second-order valence-electron chi connectivity index (χ2n) is 7.08. The summed E-state index contributed by atoms with van der Waals surface area (Å²) in [6, 6.07) is 10.5. The lowest BCUT2D eigenvalue weighted by Crippen LogP contribution is -2.37. The second kappa shape index (κ2) is 8.20. The number of carbonyl (C=O) groups is 1. The van der Waals surface area contributed by atoms with E-state index in [0.29, 0.717) is 27.2 Å². The first-order chi connectivity index (χ1) is 14.3. The smallest absolute Gasteiger partial charge is 0.252 e. The van der Waals surface area contributed by atoms with Gasteiger partial charge in [0, 0.05) is 10.9 Å². The largest absolute Gasteiger partial charge is 0.495 e. The molecule has 1 amide bonds. The molecular formula is C20H18ClFN2O4S2. The molecule has 0 bridgehead atoms. The molecule has 6 nitrogen and oxygen atoms in total. The summed E-state index contributed by atoms with van der Waals surface area (Å²) in [5.74, 6) is -0.251. The Morgan fingerprint density at radius 3 is 2.67 bits per heavy atom. The van der Waals surface area contributed by atoms with Crippen LogP contribution in [0.2, 0.25) is 5.02 Å². The van der Waals surface area contributed by atoms with Gasteiger partial charge in [0.1, 0.15) is 11.6 Å². The van der Waals surface area contributed by atoms with Gasteiger partial charge in [-0.3, -0.25) is 4.79 Å². The van der Waals surface area contributed by atoms with Crippen molar-refractivity contribution in [2.75, 3.05) is 23.5 Å². The lowest BCUT2D eigenvalue weighted by atomic mass is 10.1. The van der Waals surface area contributed by atoms with E-state index in [9.17, 15) is 17.6 Å². The van der Waals surface area contributed by atoms with Crippen LogP contribution in [0.1, 0.15) is 5.56 Å². The molecule has 2 heterocycles. The predicted octanol–water partition coefficient (Wildman–Crippen LogP) is 3.33. The van der Waals surface area contributed by atoms with Gasteiger partial charge in [0.15, 0.2) is 15.0 Å². The number of amidine groups is 1. The number of fused-ring (bicyclic) bond motifs is 1. The topological polar surface area (TPSA) is 76.0 Å². The standard InChI is InChI=1S/C20H18ClFN2O4S2/c1-28-17-7-6-14(9-15(17)21)24-16-10-30(26,27)11-18(16)29-20(24)23-19(25)8-12-2-4-13(22)5-3-12/h2-7,9,16,18H,8,10-11H2,1H3/t16-,18-/m1/s1. The van der Waals surface area contributed by atoms with Gasteiger partial charge >= 0.3 is 0 Å². The summed E-state index contributed by atoms with van der Waals surface area (Å²) in [6.45, 7) is 0. The fourth-order valence-corrected chi connectivity index (χ4v) is 7.78. The van der Waals surface area contributed by atoms with Crippen molar-refractivity contribution in [3.63, 3.8) is 0 Å². The highest BCUT2D eigenvalue weighted by molar-refractivity contribution is 8.16. The first kappa shape index (κ1) is 21.1. The summed E-state index contributed by atoms with van der Waals surface area (Å²) < 4.78 is 42.6. The molecule has 0 spiro atoms. The Kier molecular flexibility index (Phi) is 5.78. The van der Waals surface area contributed by atoms with Crippen molar-refractivity contribution in [1.82, 2.24) is 0 Å². The molecule has 2 aliphatic heterocycles. The third-order valence-corrected chi connectivity index (χ3v) is 8.47. The quantitative estimate of drug-likeness (QED) is 0.685. The van der Waals surface area contributed by atoms with E-state index in [0.717, 1.165) is 0 Å². The fourth-order valence-electron chi connectivity index (χ4n) is 3.59. The number of anilines is 1. The van der Waals surface area contributed by atoms with Gasteiger partial charge in [0.05, 0.1) is 36.1 Å². The number of thioether (sulfide) groups is 1. The normalized spacial score (nSPS) is 23.6. The molecule has 0 unspecified atom stereocenters. The van der Waals surface area contributed by atoms with Gasteiger partial charge < -0.3 is 9.64 Å². The number of benzene rings is 2. The zero-order chi connectivity index (χ0) is 21.5. The van der Waals surface area contributed by atoms with Crippen LogP contribution in [0.25, 0.3) is 0 Å². The van der Waals surface area contributed by atoms with Gasteiger partial charge in [-0.2, -0.15) is 4.99 Å². The maximum Gasteiger partial charge on any atom is 0.252 e. The van der Waals surface area contributed by atoms with Crippen molar-refractivity contribution < 1.29 is 22.3 Å². The maximum absolute atomic E-state index is 13.1. The monoisotopic (exact) mass is 468 g/mol. The highest BCUT2D eigenvalue weighted by atomic mass is 35.5. The van der Waals surface area contributed by atoms with Gasteiger partial charge in [-0.15, -0.1) is 0 Å². The van der Waals surface area contributed by atoms with Crippen LogP contribution in [0.4, 0.5) is 10.1 Å². The van der Waals surface area contributed by atoms with Crippen molar-refractivity contribution >= 4 is 50.0 Å². The molecular weight excluding hydrogens is 451 g/mol. The van der Waals surface area contributed by atoms with Crippen molar-refractivity contribution in [2.45, 2.75) is 17.7 Å². The molecule has 2 saturated heterocycles. The average Bonchev–Trinajstić information content (AvgIpc) is 3.14. The first-order valence-corrected chi connectivity index (χ1v) is 12.2. The van der Waals surface area contributed by atoms with E-state index in [1.165, 1.54) is 43.1 Å². The van der Waals surface area contributed by atoms with E-state index in [1.807, 2.05) is 0 Å². The highest BCUT2D eigenvalue weighted by Crippen LogP contribution is 2.42. The van der Waals surface area contributed by atoms with Crippen LogP contribution in [0.5, 0.6) is 5.75 Å². The van der Waals surface area contributed by atoms with Crippen LogP contribution in [0.15, 0.2) is 47.5 Å². The Hall–Kier alpha value is -2.10. The number of amides is 1. The van der Waals surface area contributed by atoms with Crippen LogP contribution in [-0.2, 0) is 21.1 Å². The second-order valence-corrected chi connectivity index (χ2v) is 10.8. The van der Waals surface area contributed by atoms with Crippen molar-refractivity contribution in [3.8, 4) is 5.75 Å². The Morgan fingerprint density at radius 2 is 2.00 bits per heavy atom. The molecule has 0 aromatic heterocycles. The summed E-state index contributed by atoms with van der Waals surface area (Å²) in [6.07, 6.45) is 0.0230. The molecule has 4 rings (SSSR count). The fraction of sp³-hybridized carbons (Fsp3) is 0.300. The third-order valence-electron chi connectivity index (χ3n) is 4.97. The molecule has 2 fully saturated rings. The van der Waals surface area contributed by atoms with Crippen molar-refractivity contribution in [2.24, 2.45) is 4.99 Å². The minimum absolute atomic E-state index is 0.0144. The van der Waals surface area contributed by atoms with Gasteiger partial charge in [-0.25, -0.2) is 12.8 Å². The summed E-state index contributed by atoms with van der Waals surface area (Å²) in [4.78, 5) is 18.6. The maximum atomic E-state index is 13.1. The molecule has 2 atom stereocenters. The SMILES string of the molecule is COc1ccc(N2C(=NC(=O)Cc3ccc(F)cc3)S[C@@H]3CS(=O)(=O)C[C@H]32)cc1Cl. The van der Waals surface area contributed by atoms with E-state index in [1.54, 1.807) is 23.1 Å². The van der Waals surface area contributed by atoms with Crippen LogP contribution in [0.3, 0.4) is 0 Å². The van der Waals surface area contributed by atoms with E-state index in [2.05, 4.69) is 4.99 Å². The van der Waals surface area contributed by atoms with E-state index in [4.69, 9.17) is 16.3 Å². The average molecular weight is 469 g/mol. The minimum Gasteiger partial charge on any atom is -0.495 e. The number of methoxy groups -OCH3 is 1. The predicted molar refractivity (Wildman–Crippen MR) is 117 cm³/mol. The van der Waals surface area contributed by atoms with Gasteiger partial charge in [0.2, 0.25) is 0 Å².